The number of urea groups is 1. The van der Waals surface area contributed by atoms with Gasteiger partial charge in [0.05, 0.1) is 31.8 Å². The number of aromatic nitrogens is 3. The van der Waals surface area contributed by atoms with Crippen LogP contribution in [0.1, 0.15) is 5.56 Å². The average Bonchev–Trinajstić information content (AvgIpc) is 3.14. The summed E-state index contributed by atoms with van der Waals surface area (Å²) in [6.07, 6.45) is 8.06. The second-order valence-corrected chi connectivity index (χ2v) is 8.09. The van der Waals surface area contributed by atoms with Crippen molar-refractivity contribution in [1.29, 1.82) is 0 Å². The van der Waals surface area contributed by atoms with Gasteiger partial charge in [0, 0.05) is 38.2 Å². The van der Waals surface area contributed by atoms with Gasteiger partial charge in [0.1, 0.15) is 5.82 Å². The van der Waals surface area contributed by atoms with E-state index < -0.39 is 10.0 Å². The molecule has 1 atom stereocenters. The second kappa shape index (κ2) is 8.46. The van der Waals surface area contributed by atoms with Crippen LogP contribution in [-0.2, 0) is 21.3 Å². The van der Waals surface area contributed by atoms with E-state index in [1.54, 1.807) is 29.7 Å². The van der Waals surface area contributed by atoms with Crippen molar-refractivity contribution in [2.24, 2.45) is 0 Å². The molecule has 0 bridgehead atoms. The monoisotopic (exact) mass is 394 g/mol. The number of pyridine rings is 1. The minimum absolute atomic E-state index is 0.101. The SMILES string of the molecule is CS(=O)(=O)NCC1COCCN1C(=O)Nc1ccc(Cn2ccnc2)cn1. The average molecular weight is 394 g/mol. The zero-order valence-electron chi connectivity index (χ0n) is 14.9. The zero-order valence-corrected chi connectivity index (χ0v) is 15.7. The number of nitrogens with one attached hydrogen (secondary N) is 2. The molecule has 1 aliphatic heterocycles. The van der Waals surface area contributed by atoms with Gasteiger partial charge < -0.3 is 14.2 Å². The molecule has 2 aromatic rings. The summed E-state index contributed by atoms with van der Waals surface area (Å²) >= 11 is 0. The fourth-order valence-corrected chi connectivity index (χ4v) is 3.20. The number of imidazole rings is 1. The number of carbonyl (C=O) groups excluding carboxylic acids is 1. The van der Waals surface area contributed by atoms with E-state index in [2.05, 4.69) is 20.0 Å². The van der Waals surface area contributed by atoms with Crippen LogP contribution in [0.2, 0.25) is 0 Å². The summed E-state index contributed by atoms with van der Waals surface area (Å²) in [6.45, 7) is 1.79. The van der Waals surface area contributed by atoms with Crippen LogP contribution < -0.4 is 10.0 Å². The standard InChI is InChI=1S/C16H22N6O4S/c1-27(24,25)19-9-14-11-26-7-6-22(14)16(23)20-15-3-2-13(8-18-15)10-21-5-4-17-12-21/h2-5,8,12,14,19H,6-7,9-11H2,1H3,(H,18,20,23). The van der Waals surface area contributed by atoms with Crippen molar-refractivity contribution < 1.29 is 17.9 Å². The van der Waals surface area contributed by atoms with Crippen LogP contribution in [-0.4, -0.2) is 72.5 Å². The molecule has 0 aromatic carbocycles. The van der Waals surface area contributed by atoms with Crippen LogP contribution in [0.25, 0.3) is 0 Å². The van der Waals surface area contributed by atoms with Gasteiger partial charge in [0.2, 0.25) is 10.0 Å². The number of anilines is 1. The fraction of sp³-hybridized carbons (Fsp3) is 0.438. The Morgan fingerprint density at radius 3 is 2.93 bits per heavy atom. The molecule has 1 saturated heterocycles. The molecule has 0 saturated carbocycles. The van der Waals surface area contributed by atoms with Gasteiger partial charge in [-0.25, -0.2) is 27.9 Å². The van der Waals surface area contributed by atoms with Crippen LogP contribution in [0.4, 0.5) is 10.6 Å². The van der Waals surface area contributed by atoms with E-state index in [1.807, 2.05) is 16.8 Å². The van der Waals surface area contributed by atoms with Crippen LogP contribution >= 0.6 is 0 Å². The minimum atomic E-state index is -3.34. The highest BCUT2D eigenvalue weighted by molar-refractivity contribution is 7.88. The second-order valence-electron chi connectivity index (χ2n) is 6.26. The van der Waals surface area contributed by atoms with Crippen LogP contribution in [0, 0.1) is 0 Å². The van der Waals surface area contributed by atoms with Crippen LogP contribution in [0.15, 0.2) is 37.1 Å². The van der Waals surface area contributed by atoms with Crippen molar-refractivity contribution in [2.45, 2.75) is 12.6 Å². The Hall–Kier alpha value is -2.50. The maximum absolute atomic E-state index is 12.6. The molecule has 2 aromatic heterocycles. The molecule has 3 heterocycles. The summed E-state index contributed by atoms with van der Waals surface area (Å²) in [5, 5.41) is 2.75. The van der Waals surface area contributed by atoms with E-state index in [1.165, 1.54) is 0 Å². The Kier molecular flexibility index (Phi) is 6.04. The van der Waals surface area contributed by atoms with Gasteiger partial charge in [-0.05, 0) is 11.6 Å². The molecule has 10 nitrogen and oxygen atoms in total. The van der Waals surface area contributed by atoms with E-state index in [0.717, 1.165) is 11.8 Å². The third-order valence-electron chi connectivity index (χ3n) is 4.05. The van der Waals surface area contributed by atoms with E-state index in [4.69, 9.17) is 4.74 Å². The third kappa shape index (κ3) is 5.74. The zero-order chi connectivity index (χ0) is 19.3. The molecule has 1 fully saturated rings. The lowest BCUT2D eigenvalue weighted by Crippen LogP contribution is -2.54. The number of carbonyl (C=O) groups is 1. The summed E-state index contributed by atoms with van der Waals surface area (Å²) in [7, 11) is -3.34. The summed E-state index contributed by atoms with van der Waals surface area (Å²) in [5.74, 6) is 0.427. The topological polar surface area (TPSA) is 118 Å². The van der Waals surface area contributed by atoms with Crippen molar-refractivity contribution in [3.05, 3.63) is 42.6 Å². The fourth-order valence-electron chi connectivity index (χ4n) is 2.70. The van der Waals surface area contributed by atoms with Crippen LogP contribution in [0.3, 0.4) is 0 Å². The number of hydrogen-bond donors (Lipinski definition) is 2. The Bertz CT molecular complexity index is 854. The van der Waals surface area contributed by atoms with E-state index in [0.29, 0.717) is 25.5 Å². The van der Waals surface area contributed by atoms with Gasteiger partial charge >= 0.3 is 6.03 Å². The molecule has 0 radical (unpaired) electrons. The predicted molar refractivity (Wildman–Crippen MR) is 98.7 cm³/mol. The van der Waals surface area contributed by atoms with Gasteiger partial charge in [-0.1, -0.05) is 6.07 Å². The molecule has 1 aliphatic rings. The minimum Gasteiger partial charge on any atom is -0.377 e. The van der Waals surface area contributed by atoms with Crippen LogP contribution in [0.5, 0.6) is 0 Å². The Morgan fingerprint density at radius 1 is 1.41 bits per heavy atom. The summed E-state index contributed by atoms with van der Waals surface area (Å²) < 4.78 is 32.3. The van der Waals surface area contributed by atoms with Crippen molar-refractivity contribution in [1.82, 2.24) is 24.2 Å². The number of sulfonamides is 1. The molecule has 3 rings (SSSR count). The largest absolute Gasteiger partial charge is 0.377 e. The lowest BCUT2D eigenvalue weighted by Gasteiger charge is -2.35. The highest BCUT2D eigenvalue weighted by atomic mass is 32.2. The van der Waals surface area contributed by atoms with Gasteiger partial charge in [-0.15, -0.1) is 0 Å². The molecule has 27 heavy (non-hydrogen) atoms. The normalized spacial score (nSPS) is 17.7. The predicted octanol–water partition coefficient (Wildman–Crippen LogP) is 0.108. The van der Waals surface area contributed by atoms with Crippen molar-refractivity contribution in [3.8, 4) is 0 Å². The van der Waals surface area contributed by atoms with Gasteiger partial charge in [-0.2, -0.15) is 0 Å². The molecule has 2 N–H and O–H groups in total. The summed E-state index contributed by atoms with van der Waals surface area (Å²) in [4.78, 5) is 22.4. The maximum Gasteiger partial charge on any atom is 0.323 e. The number of morpholine rings is 1. The first-order valence-electron chi connectivity index (χ1n) is 8.41. The number of rotatable bonds is 6. The van der Waals surface area contributed by atoms with Crippen molar-refractivity contribution in [3.63, 3.8) is 0 Å². The lowest BCUT2D eigenvalue weighted by molar-refractivity contribution is 0.0176. The smallest absolute Gasteiger partial charge is 0.323 e. The quantitative estimate of drug-likeness (QED) is 0.718. The highest BCUT2D eigenvalue weighted by Gasteiger charge is 2.28. The van der Waals surface area contributed by atoms with E-state index in [9.17, 15) is 13.2 Å². The Labute approximate surface area is 157 Å². The molecule has 1 unspecified atom stereocenters. The molecule has 2 amide bonds. The molecule has 146 valence electrons. The summed E-state index contributed by atoms with van der Waals surface area (Å²) in [5.41, 5.74) is 0.979. The van der Waals surface area contributed by atoms with Gasteiger partial charge in [0.15, 0.2) is 0 Å². The number of amides is 2. The van der Waals surface area contributed by atoms with Gasteiger partial charge in [0.25, 0.3) is 0 Å². The summed E-state index contributed by atoms with van der Waals surface area (Å²) in [6, 6.07) is 2.89. The Balaban J connectivity index is 1.59. The Morgan fingerprint density at radius 2 is 2.26 bits per heavy atom. The lowest BCUT2D eigenvalue weighted by atomic mass is 10.2. The molecule has 0 aliphatic carbocycles. The number of hydrogen-bond acceptors (Lipinski definition) is 6. The molecular formula is C16H22N6O4S. The number of ether oxygens (including phenoxy) is 1. The number of nitrogens with zero attached hydrogens (tertiary/aromatic N) is 4. The molecular weight excluding hydrogens is 372 g/mol. The van der Waals surface area contributed by atoms with Crippen molar-refractivity contribution in [2.75, 3.05) is 37.9 Å². The van der Waals surface area contributed by atoms with E-state index in [-0.39, 0.29) is 25.2 Å². The van der Waals surface area contributed by atoms with Crippen molar-refractivity contribution >= 4 is 21.9 Å². The first kappa shape index (κ1) is 19.3. The first-order chi connectivity index (χ1) is 12.9. The highest BCUT2D eigenvalue weighted by Crippen LogP contribution is 2.12. The maximum atomic E-state index is 12.6. The van der Waals surface area contributed by atoms with E-state index >= 15 is 0 Å². The first-order valence-corrected chi connectivity index (χ1v) is 10.3. The molecule has 0 spiro atoms. The third-order valence-corrected chi connectivity index (χ3v) is 4.74. The molecule has 11 heteroatoms. The van der Waals surface area contributed by atoms with Gasteiger partial charge in [-0.3, -0.25) is 5.32 Å².